The number of fused-ring (bicyclic) bond motifs is 1. The van der Waals surface area contributed by atoms with Crippen LogP contribution in [0.1, 0.15) is 11.4 Å². The molecular weight excluding hydrogens is 366 g/mol. The van der Waals surface area contributed by atoms with Crippen molar-refractivity contribution >= 4 is 11.9 Å². The van der Waals surface area contributed by atoms with Gasteiger partial charge in [-0.05, 0) is 17.7 Å². The Hall–Kier alpha value is -3.14. The number of methoxy groups -OCH3 is 1. The highest BCUT2D eigenvalue weighted by molar-refractivity contribution is 5.78. The number of aromatic nitrogens is 3. The number of anilines is 1. The number of benzene rings is 1. The van der Waals surface area contributed by atoms with E-state index in [0.29, 0.717) is 49.6 Å². The molecule has 2 aliphatic rings. The molecule has 0 spiro atoms. The molecule has 1 amide bonds. The number of morpholine rings is 1. The van der Waals surface area contributed by atoms with E-state index < -0.39 is 0 Å². The second kappa shape index (κ2) is 8.26. The number of carbonyl (C=O) groups excluding carboxylic acids is 1. The van der Waals surface area contributed by atoms with Gasteiger partial charge in [0, 0.05) is 13.1 Å². The highest BCUT2D eigenvalue weighted by Crippen LogP contribution is 2.32. The number of carbonyl (C=O) groups is 1. The Bertz CT molecular complexity index is 856. The maximum Gasteiger partial charge on any atom is 0.321 e. The van der Waals surface area contributed by atoms with Crippen LogP contribution < -0.4 is 24.4 Å². The first-order valence-corrected chi connectivity index (χ1v) is 8.98. The van der Waals surface area contributed by atoms with Gasteiger partial charge in [-0.15, -0.1) is 0 Å². The first-order valence-electron chi connectivity index (χ1n) is 8.98. The lowest BCUT2D eigenvalue weighted by molar-refractivity contribution is -0.120. The van der Waals surface area contributed by atoms with Crippen LogP contribution in [0.25, 0.3) is 0 Å². The maximum absolute atomic E-state index is 12.3. The Morgan fingerprint density at radius 1 is 1.18 bits per heavy atom. The summed E-state index contributed by atoms with van der Waals surface area (Å²) in [6.07, 6.45) is 0.217. The summed E-state index contributed by atoms with van der Waals surface area (Å²) in [4.78, 5) is 27.3. The van der Waals surface area contributed by atoms with Crippen molar-refractivity contribution in [2.75, 3.05) is 45.1 Å². The fourth-order valence-electron chi connectivity index (χ4n) is 2.94. The van der Waals surface area contributed by atoms with Crippen LogP contribution in [0, 0.1) is 0 Å². The van der Waals surface area contributed by atoms with Crippen molar-refractivity contribution in [3.05, 3.63) is 29.6 Å². The van der Waals surface area contributed by atoms with Gasteiger partial charge in [0.25, 0.3) is 0 Å². The third-order valence-corrected chi connectivity index (χ3v) is 4.37. The van der Waals surface area contributed by atoms with Crippen LogP contribution in [0.3, 0.4) is 0 Å². The number of ether oxygens (including phenoxy) is 4. The minimum Gasteiger partial charge on any atom is -0.467 e. The van der Waals surface area contributed by atoms with E-state index in [2.05, 4.69) is 20.3 Å². The van der Waals surface area contributed by atoms with Crippen molar-refractivity contribution in [3.63, 3.8) is 0 Å². The molecular formula is C18H21N5O5. The van der Waals surface area contributed by atoms with Crippen LogP contribution >= 0.6 is 0 Å². The Balaban J connectivity index is 1.38. The van der Waals surface area contributed by atoms with Gasteiger partial charge < -0.3 is 29.2 Å². The van der Waals surface area contributed by atoms with E-state index in [1.807, 2.05) is 17.0 Å². The molecule has 148 valence electrons. The van der Waals surface area contributed by atoms with E-state index in [1.165, 1.54) is 7.11 Å². The summed E-state index contributed by atoms with van der Waals surface area (Å²) >= 11 is 0. The van der Waals surface area contributed by atoms with Crippen molar-refractivity contribution in [2.24, 2.45) is 0 Å². The van der Waals surface area contributed by atoms with Gasteiger partial charge in [0.1, 0.15) is 0 Å². The second-order valence-corrected chi connectivity index (χ2v) is 6.28. The molecule has 1 fully saturated rings. The third-order valence-electron chi connectivity index (χ3n) is 4.37. The molecule has 0 saturated carbocycles. The van der Waals surface area contributed by atoms with Crippen LogP contribution in [-0.4, -0.2) is 61.1 Å². The van der Waals surface area contributed by atoms with E-state index in [1.54, 1.807) is 6.07 Å². The predicted molar refractivity (Wildman–Crippen MR) is 97.5 cm³/mol. The molecule has 0 atom stereocenters. The number of hydrogen-bond acceptors (Lipinski definition) is 9. The first kappa shape index (κ1) is 18.2. The largest absolute Gasteiger partial charge is 0.467 e. The SMILES string of the molecule is COc1nc(CNC(=O)Cc2ccc3c(c2)OCO3)nc(N2CCOCC2)n1. The molecule has 4 rings (SSSR count). The lowest BCUT2D eigenvalue weighted by atomic mass is 10.1. The van der Waals surface area contributed by atoms with E-state index in [-0.39, 0.29) is 31.7 Å². The molecule has 28 heavy (non-hydrogen) atoms. The van der Waals surface area contributed by atoms with Crippen LogP contribution in [-0.2, 0) is 22.5 Å². The Morgan fingerprint density at radius 2 is 2.00 bits per heavy atom. The molecule has 1 N–H and O–H groups in total. The highest BCUT2D eigenvalue weighted by Gasteiger charge is 2.18. The average Bonchev–Trinajstić information content (AvgIpc) is 3.20. The Labute approximate surface area is 161 Å². The zero-order chi connectivity index (χ0) is 19.3. The Morgan fingerprint density at radius 3 is 2.82 bits per heavy atom. The van der Waals surface area contributed by atoms with Gasteiger partial charge in [-0.1, -0.05) is 6.07 Å². The fourth-order valence-corrected chi connectivity index (χ4v) is 2.94. The molecule has 3 heterocycles. The quantitative estimate of drug-likeness (QED) is 0.749. The molecule has 10 nitrogen and oxygen atoms in total. The van der Waals surface area contributed by atoms with Crippen LogP contribution in [0.2, 0.25) is 0 Å². The van der Waals surface area contributed by atoms with E-state index in [0.717, 1.165) is 5.56 Å². The zero-order valence-corrected chi connectivity index (χ0v) is 15.5. The number of rotatable bonds is 6. The predicted octanol–water partition coefficient (Wildman–Crippen LogP) is 0.304. The fraction of sp³-hybridized carbons (Fsp3) is 0.444. The van der Waals surface area contributed by atoms with Crippen molar-refractivity contribution < 1.29 is 23.7 Å². The average molecular weight is 387 g/mol. The zero-order valence-electron chi connectivity index (χ0n) is 15.5. The van der Waals surface area contributed by atoms with Crippen molar-refractivity contribution in [3.8, 4) is 17.5 Å². The van der Waals surface area contributed by atoms with Gasteiger partial charge in [0.05, 0.1) is 33.3 Å². The molecule has 0 unspecified atom stereocenters. The number of hydrogen-bond donors (Lipinski definition) is 1. The van der Waals surface area contributed by atoms with Crippen molar-refractivity contribution in [1.82, 2.24) is 20.3 Å². The standard InChI is InChI=1S/C18H21N5O5/c1-25-18-21-15(20-17(22-18)23-4-6-26-7-5-23)10-19-16(24)9-12-2-3-13-14(8-12)28-11-27-13/h2-3,8H,4-7,9-11H2,1H3,(H,19,24). The van der Waals surface area contributed by atoms with E-state index in [4.69, 9.17) is 18.9 Å². The number of nitrogens with zero attached hydrogens (tertiary/aromatic N) is 4. The van der Waals surface area contributed by atoms with Gasteiger partial charge in [0.2, 0.25) is 18.6 Å². The summed E-state index contributed by atoms with van der Waals surface area (Å²) in [5.74, 6) is 2.16. The minimum atomic E-state index is -0.147. The summed E-state index contributed by atoms with van der Waals surface area (Å²) in [7, 11) is 1.50. The molecule has 1 aromatic heterocycles. The normalized spacial score (nSPS) is 15.4. The molecule has 2 aromatic rings. The van der Waals surface area contributed by atoms with Gasteiger partial charge >= 0.3 is 6.01 Å². The lowest BCUT2D eigenvalue weighted by Crippen LogP contribution is -2.37. The molecule has 1 saturated heterocycles. The third kappa shape index (κ3) is 4.22. The monoisotopic (exact) mass is 387 g/mol. The molecule has 1 aromatic carbocycles. The van der Waals surface area contributed by atoms with Gasteiger partial charge in [-0.3, -0.25) is 4.79 Å². The summed E-state index contributed by atoms with van der Waals surface area (Å²) in [5.41, 5.74) is 0.837. The molecule has 2 aliphatic heterocycles. The van der Waals surface area contributed by atoms with E-state index >= 15 is 0 Å². The van der Waals surface area contributed by atoms with Gasteiger partial charge in [-0.25, -0.2) is 0 Å². The summed E-state index contributed by atoms with van der Waals surface area (Å²) in [5, 5.41) is 2.83. The molecule has 0 aliphatic carbocycles. The molecule has 0 bridgehead atoms. The Kier molecular flexibility index (Phi) is 5.38. The van der Waals surface area contributed by atoms with Crippen LogP contribution in [0.5, 0.6) is 17.5 Å². The molecule has 10 heteroatoms. The summed E-state index contributed by atoms with van der Waals surface area (Å²) in [6, 6.07) is 5.67. The lowest BCUT2D eigenvalue weighted by Gasteiger charge is -2.26. The van der Waals surface area contributed by atoms with Crippen molar-refractivity contribution in [1.29, 1.82) is 0 Å². The van der Waals surface area contributed by atoms with Gasteiger partial charge in [-0.2, -0.15) is 15.0 Å². The number of amides is 1. The number of nitrogens with one attached hydrogen (secondary N) is 1. The van der Waals surface area contributed by atoms with Crippen molar-refractivity contribution in [2.45, 2.75) is 13.0 Å². The summed E-state index contributed by atoms with van der Waals surface area (Å²) < 4.78 is 21.1. The van der Waals surface area contributed by atoms with Gasteiger partial charge in [0.15, 0.2) is 17.3 Å². The highest BCUT2D eigenvalue weighted by atomic mass is 16.7. The summed E-state index contributed by atoms with van der Waals surface area (Å²) in [6.45, 7) is 3.02. The topological polar surface area (TPSA) is 108 Å². The molecule has 0 radical (unpaired) electrons. The van der Waals surface area contributed by atoms with E-state index in [9.17, 15) is 4.79 Å². The van der Waals surface area contributed by atoms with Crippen LogP contribution in [0.4, 0.5) is 5.95 Å². The smallest absolute Gasteiger partial charge is 0.321 e. The second-order valence-electron chi connectivity index (χ2n) is 6.28. The van der Waals surface area contributed by atoms with Crippen LogP contribution in [0.15, 0.2) is 18.2 Å². The maximum atomic E-state index is 12.3. The first-order chi connectivity index (χ1) is 13.7. The minimum absolute atomic E-state index is 0.147.